The fraction of sp³-hybridized carbons (Fsp3) is 0.478. The predicted octanol–water partition coefficient (Wildman–Crippen LogP) is 1.61. The van der Waals surface area contributed by atoms with E-state index in [1.54, 1.807) is 12.1 Å². The van der Waals surface area contributed by atoms with Crippen molar-refractivity contribution in [1.82, 2.24) is 19.3 Å². The molecule has 0 aromatic carbocycles. The van der Waals surface area contributed by atoms with Gasteiger partial charge in [-0.05, 0) is 29.9 Å². The van der Waals surface area contributed by atoms with Gasteiger partial charge in [0, 0.05) is 69.3 Å². The van der Waals surface area contributed by atoms with Crippen molar-refractivity contribution < 1.29 is 14.4 Å². The molecule has 2 saturated heterocycles. The Balaban J connectivity index is 1.49. The summed E-state index contributed by atoms with van der Waals surface area (Å²) in [5.41, 5.74) is -0.291. The van der Waals surface area contributed by atoms with E-state index in [0.717, 1.165) is 26.8 Å². The number of amides is 4. The number of barbiturate groups is 1. The van der Waals surface area contributed by atoms with Gasteiger partial charge in [-0.15, -0.1) is 11.3 Å². The van der Waals surface area contributed by atoms with Crippen LogP contribution in [0.25, 0.3) is 0 Å². The molecular formula is C23H26N4O4S. The Morgan fingerprint density at radius 3 is 2.41 bits per heavy atom. The third-order valence-electron chi connectivity index (χ3n) is 7.11. The van der Waals surface area contributed by atoms with Crippen molar-refractivity contribution in [2.75, 3.05) is 33.7 Å². The largest absolute Gasteiger partial charge is 0.332 e. The van der Waals surface area contributed by atoms with Crippen molar-refractivity contribution in [3.63, 3.8) is 0 Å². The zero-order chi connectivity index (χ0) is 22.6. The molecule has 2 atom stereocenters. The van der Waals surface area contributed by atoms with Gasteiger partial charge in [-0.2, -0.15) is 0 Å². The minimum absolute atomic E-state index is 0.0270. The number of carbonyl (C=O) groups is 3. The first kappa shape index (κ1) is 21.1. The first-order valence-electron chi connectivity index (χ1n) is 10.8. The van der Waals surface area contributed by atoms with Crippen LogP contribution in [-0.4, -0.2) is 70.8 Å². The van der Waals surface area contributed by atoms with Crippen molar-refractivity contribution in [3.05, 3.63) is 56.6 Å². The maximum atomic E-state index is 13.5. The van der Waals surface area contributed by atoms with Crippen molar-refractivity contribution in [2.45, 2.75) is 25.3 Å². The van der Waals surface area contributed by atoms with E-state index in [1.807, 2.05) is 28.1 Å². The topological polar surface area (TPSA) is 82.9 Å². The Bertz CT molecular complexity index is 1120. The lowest BCUT2D eigenvalue weighted by atomic mass is 9.76. The van der Waals surface area contributed by atoms with Gasteiger partial charge < -0.3 is 9.47 Å². The van der Waals surface area contributed by atoms with Crippen LogP contribution in [0.1, 0.15) is 22.9 Å². The molecule has 32 heavy (non-hydrogen) atoms. The average molecular weight is 455 g/mol. The third-order valence-corrected chi connectivity index (χ3v) is 7.98. The number of carbonyl (C=O) groups excluding carboxylic acids is 3. The molecule has 4 amide bonds. The molecule has 9 heteroatoms. The van der Waals surface area contributed by atoms with E-state index >= 15 is 0 Å². The molecule has 2 bridgehead atoms. The number of aromatic nitrogens is 1. The molecule has 0 unspecified atom stereocenters. The van der Waals surface area contributed by atoms with Crippen LogP contribution in [0, 0.1) is 11.3 Å². The highest BCUT2D eigenvalue weighted by Gasteiger charge is 2.56. The summed E-state index contributed by atoms with van der Waals surface area (Å²) in [4.78, 5) is 57.0. The summed E-state index contributed by atoms with van der Waals surface area (Å²) in [5.74, 6) is -0.412. The molecular weight excluding hydrogens is 428 g/mol. The van der Waals surface area contributed by atoms with Crippen LogP contribution in [0.4, 0.5) is 4.79 Å². The minimum Gasteiger partial charge on any atom is -0.312 e. The molecule has 2 fully saturated rings. The summed E-state index contributed by atoms with van der Waals surface area (Å²) in [7, 11) is 2.90. The van der Waals surface area contributed by atoms with Gasteiger partial charge >= 0.3 is 6.03 Å². The van der Waals surface area contributed by atoms with E-state index in [4.69, 9.17) is 0 Å². The molecule has 8 nitrogen and oxygen atoms in total. The van der Waals surface area contributed by atoms with Gasteiger partial charge in [0.2, 0.25) is 11.8 Å². The number of nitrogens with zero attached hydrogens (tertiary/aromatic N) is 4. The molecule has 5 heterocycles. The van der Waals surface area contributed by atoms with E-state index < -0.39 is 23.3 Å². The number of rotatable bonds is 4. The number of hydrogen-bond acceptors (Lipinski definition) is 6. The molecule has 2 aromatic heterocycles. The Labute approximate surface area is 190 Å². The quantitative estimate of drug-likeness (QED) is 0.656. The SMILES string of the molecule is CN1C(=O)N(C)C(=O)C(Cc2cccs2)(CN2C[C@H]3C[C@@H](C2)c2cccc(=O)n2C3)C1=O. The van der Waals surface area contributed by atoms with Crippen LogP contribution in [0.2, 0.25) is 0 Å². The van der Waals surface area contributed by atoms with Gasteiger partial charge in [0.15, 0.2) is 0 Å². The molecule has 3 aliphatic rings. The van der Waals surface area contributed by atoms with Crippen molar-refractivity contribution in [3.8, 4) is 0 Å². The van der Waals surface area contributed by atoms with Gasteiger partial charge in [-0.1, -0.05) is 12.1 Å². The molecule has 0 aliphatic carbocycles. The van der Waals surface area contributed by atoms with Crippen molar-refractivity contribution in [2.24, 2.45) is 11.3 Å². The number of imide groups is 2. The highest BCUT2D eigenvalue weighted by Crippen LogP contribution is 2.39. The number of thiophene rings is 1. The van der Waals surface area contributed by atoms with Crippen LogP contribution in [0.3, 0.4) is 0 Å². The van der Waals surface area contributed by atoms with E-state index in [2.05, 4.69) is 4.90 Å². The summed E-state index contributed by atoms with van der Waals surface area (Å²) in [6.07, 6.45) is 1.27. The number of urea groups is 1. The second-order valence-electron chi connectivity index (χ2n) is 9.24. The summed E-state index contributed by atoms with van der Waals surface area (Å²) in [6.45, 7) is 2.30. The molecule has 0 N–H and O–H groups in total. The molecule has 0 radical (unpaired) electrons. The maximum Gasteiger partial charge on any atom is 0.332 e. The van der Waals surface area contributed by atoms with E-state index in [1.165, 1.54) is 25.4 Å². The number of pyridine rings is 1. The predicted molar refractivity (Wildman–Crippen MR) is 119 cm³/mol. The minimum atomic E-state index is -1.34. The second kappa shape index (κ2) is 7.67. The summed E-state index contributed by atoms with van der Waals surface area (Å²) in [6, 6.07) is 8.65. The summed E-state index contributed by atoms with van der Waals surface area (Å²) < 4.78 is 1.87. The summed E-state index contributed by atoms with van der Waals surface area (Å²) in [5, 5.41) is 1.93. The van der Waals surface area contributed by atoms with Crippen LogP contribution in [-0.2, 0) is 22.6 Å². The lowest BCUT2D eigenvalue weighted by Gasteiger charge is -2.48. The van der Waals surface area contributed by atoms with Crippen LogP contribution >= 0.6 is 11.3 Å². The first-order valence-corrected chi connectivity index (χ1v) is 11.7. The molecule has 2 aromatic rings. The number of fused-ring (bicyclic) bond motifs is 4. The van der Waals surface area contributed by atoms with E-state index in [-0.39, 0.29) is 30.4 Å². The summed E-state index contributed by atoms with van der Waals surface area (Å²) >= 11 is 1.51. The van der Waals surface area contributed by atoms with Crippen molar-refractivity contribution >= 4 is 29.2 Å². The number of piperidine rings is 1. The van der Waals surface area contributed by atoms with Crippen LogP contribution in [0.5, 0.6) is 0 Å². The fourth-order valence-electron chi connectivity index (χ4n) is 5.69. The Morgan fingerprint density at radius 1 is 0.969 bits per heavy atom. The zero-order valence-electron chi connectivity index (χ0n) is 18.2. The monoisotopic (exact) mass is 454 g/mol. The van der Waals surface area contributed by atoms with Gasteiger partial charge in [-0.25, -0.2) is 4.79 Å². The lowest BCUT2D eigenvalue weighted by Crippen LogP contribution is -2.67. The normalized spacial score (nSPS) is 25.2. The molecule has 0 spiro atoms. The van der Waals surface area contributed by atoms with Gasteiger partial charge in [-0.3, -0.25) is 24.2 Å². The first-order chi connectivity index (χ1) is 15.3. The van der Waals surface area contributed by atoms with Crippen molar-refractivity contribution in [1.29, 1.82) is 0 Å². The van der Waals surface area contributed by atoms with Crippen LogP contribution < -0.4 is 5.56 Å². The molecule has 5 rings (SSSR count). The molecule has 168 valence electrons. The van der Waals surface area contributed by atoms with Gasteiger partial charge in [0.1, 0.15) is 5.41 Å². The smallest absolute Gasteiger partial charge is 0.312 e. The highest BCUT2D eigenvalue weighted by atomic mass is 32.1. The number of hydrogen-bond donors (Lipinski definition) is 0. The van der Waals surface area contributed by atoms with Crippen LogP contribution in [0.15, 0.2) is 40.5 Å². The molecule has 3 aliphatic heterocycles. The Morgan fingerprint density at radius 2 is 1.72 bits per heavy atom. The maximum absolute atomic E-state index is 13.5. The van der Waals surface area contributed by atoms with E-state index in [9.17, 15) is 19.2 Å². The van der Waals surface area contributed by atoms with E-state index in [0.29, 0.717) is 19.6 Å². The standard InChI is InChI=1S/C23H26N4O4S/c1-24-20(29)23(10-17-5-4-8-32-17,21(30)25(2)22(24)31)14-26-11-15-9-16(13-26)18-6-3-7-19(28)27(18)12-15/h3-8,15-16H,9-14H2,1-2H3/t15-,16+/m1/s1. The Kier molecular flexibility index (Phi) is 5.05. The average Bonchev–Trinajstić information content (AvgIpc) is 3.29. The highest BCUT2D eigenvalue weighted by molar-refractivity contribution is 7.09. The fourth-order valence-corrected chi connectivity index (χ4v) is 6.51. The lowest BCUT2D eigenvalue weighted by molar-refractivity contribution is -0.159. The zero-order valence-corrected chi connectivity index (χ0v) is 19.0. The third kappa shape index (κ3) is 3.22. The Hall–Kier alpha value is -2.78. The molecule has 0 saturated carbocycles. The van der Waals surface area contributed by atoms with Gasteiger partial charge in [0.25, 0.3) is 5.56 Å². The second-order valence-corrected chi connectivity index (χ2v) is 10.3. The van der Waals surface area contributed by atoms with Gasteiger partial charge in [0.05, 0.1) is 0 Å². The number of likely N-dealkylation sites (tertiary alicyclic amines) is 1.